The third kappa shape index (κ3) is 5.35. The second-order valence-electron chi connectivity index (χ2n) is 7.91. The molecule has 2 aromatic carbocycles. The molecular formula is C23H29N5O2. The lowest BCUT2D eigenvalue weighted by molar-refractivity contribution is -0.384. The van der Waals surface area contributed by atoms with E-state index in [1.54, 1.807) is 18.2 Å². The van der Waals surface area contributed by atoms with E-state index in [1.165, 1.54) is 0 Å². The molecule has 2 N–H and O–H groups in total. The molecule has 1 aliphatic rings. The number of nitro benzene ring substituents is 1. The van der Waals surface area contributed by atoms with Gasteiger partial charge in [-0.1, -0.05) is 12.1 Å². The Kier molecular flexibility index (Phi) is 7.39. The molecule has 1 saturated heterocycles. The number of nitriles is 1. The van der Waals surface area contributed by atoms with Gasteiger partial charge in [0.25, 0.3) is 5.69 Å². The van der Waals surface area contributed by atoms with E-state index < -0.39 is 0 Å². The summed E-state index contributed by atoms with van der Waals surface area (Å²) in [6.45, 7) is 5.61. The van der Waals surface area contributed by atoms with Gasteiger partial charge in [-0.15, -0.1) is 0 Å². The minimum atomic E-state index is -0.373. The van der Waals surface area contributed by atoms with Gasteiger partial charge in [0, 0.05) is 49.5 Å². The normalized spacial score (nSPS) is 16.0. The molecule has 1 fully saturated rings. The second kappa shape index (κ2) is 10.2. The summed E-state index contributed by atoms with van der Waals surface area (Å²) >= 11 is 0. The minimum absolute atomic E-state index is 0.0932. The Labute approximate surface area is 177 Å². The average Bonchev–Trinajstić information content (AvgIpc) is 2.78. The van der Waals surface area contributed by atoms with Crippen LogP contribution < -0.4 is 10.6 Å². The Morgan fingerprint density at radius 2 is 1.97 bits per heavy atom. The summed E-state index contributed by atoms with van der Waals surface area (Å²) in [7, 11) is 0. The van der Waals surface area contributed by atoms with Crippen molar-refractivity contribution in [3.8, 4) is 6.07 Å². The van der Waals surface area contributed by atoms with Crippen molar-refractivity contribution >= 4 is 11.4 Å². The maximum Gasteiger partial charge on any atom is 0.269 e. The van der Waals surface area contributed by atoms with Crippen LogP contribution in [0.1, 0.15) is 37.3 Å². The Morgan fingerprint density at radius 3 is 2.57 bits per heavy atom. The fourth-order valence-electron chi connectivity index (χ4n) is 4.20. The smallest absolute Gasteiger partial charge is 0.269 e. The van der Waals surface area contributed by atoms with E-state index in [-0.39, 0.29) is 10.6 Å². The topological polar surface area (TPSA) is 99.4 Å². The SMILES string of the molecule is CC(CCN)N1CCC(N(Cc2cccc(C#N)c2)c2ccc([N+](=O)[O-])cc2)CC1. The Balaban J connectivity index is 1.81. The molecule has 0 amide bonds. The highest BCUT2D eigenvalue weighted by Gasteiger charge is 2.27. The van der Waals surface area contributed by atoms with Crippen molar-refractivity contribution < 1.29 is 4.92 Å². The molecule has 0 saturated carbocycles. The van der Waals surface area contributed by atoms with Crippen molar-refractivity contribution in [2.24, 2.45) is 5.73 Å². The first kappa shape index (κ1) is 21.8. The lowest BCUT2D eigenvalue weighted by Gasteiger charge is -2.42. The number of nitrogens with zero attached hydrogens (tertiary/aromatic N) is 4. The molecule has 7 nitrogen and oxygen atoms in total. The number of hydrogen-bond donors (Lipinski definition) is 1. The summed E-state index contributed by atoms with van der Waals surface area (Å²) in [6, 6.07) is 17.4. The molecule has 1 heterocycles. The van der Waals surface area contributed by atoms with Gasteiger partial charge in [0.2, 0.25) is 0 Å². The molecule has 0 aliphatic carbocycles. The molecule has 1 atom stereocenters. The third-order valence-electron chi connectivity index (χ3n) is 5.95. The zero-order valence-corrected chi connectivity index (χ0v) is 17.4. The molecule has 30 heavy (non-hydrogen) atoms. The molecule has 7 heteroatoms. The lowest BCUT2D eigenvalue weighted by atomic mass is 9.99. The van der Waals surface area contributed by atoms with Crippen LogP contribution >= 0.6 is 0 Å². The van der Waals surface area contributed by atoms with Gasteiger partial charge >= 0.3 is 0 Å². The van der Waals surface area contributed by atoms with Crippen molar-refractivity contribution in [2.45, 2.75) is 44.8 Å². The van der Waals surface area contributed by atoms with Crippen molar-refractivity contribution in [3.05, 3.63) is 69.8 Å². The van der Waals surface area contributed by atoms with E-state index >= 15 is 0 Å². The van der Waals surface area contributed by atoms with Gasteiger partial charge in [0.15, 0.2) is 0 Å². The van der Waals surface area contributed by atoms with Crippen LogP contribution in [-0.2, 0) is 6.54 Å². The standard InChI is InChI=1S/C23H29N5O2/c1-18(9-12-24)26-13-10-22(11-14-26)27(17-20-4-2-3-19(15-20)16-25)21-5-7-23(8-6-21)28(29)30/h2-8,15,18,22H,9-14,17,24H2,1H3. The Bertz CT molecular complexity index is 885. The average molecular weight is 408 g/mol. The van der Waals surface area contributed by atoms with E-state index in [0.29, 0.717) is 30.7 Å². The minimum Gasteiger partial charge on any atom is -0.364 e. The molecule has 1 aliphatic heterocycles. The van der Waals surface area contributed by atoms with Crippen molar-refractivity contribution in [1.82, 2.24) is 4.90 Å². The highest BCUT2D eigenvalue weighted by Crippen LogP contribution is 2.28. The summed E-state index contributed by atoms with van der Waals surface area (Å²) in [4.78, 5) is 15.5. The summed E-state index contributed by atoms with van der Waals surface area (Å²) < 4.78 is 0. The number of piperidine rings is 1. The fraction of sp³-hybridized carbons (Fsp3) is 0.435. The Hall–Kier alpha value is -2.95. The number of hydrogen-bond acceptors (Lipinski definition) is 6. The third-order valence-corrected chi connectivity index (χ3v) is 5.95. The zero-order chi connectivity index (χ0) is 21.5. The predicted molar refractivity (Wildman–Crippen MR) is 118 cm³/mol. The molecular weight excluding hydrogens is 378 g/mol. The molecule has 0 spiro atoms. The van der Waals surface area contributed by atoms with Gasteiger partial charge in [0.1, 0.15) is 0 Å². The molecule has 3 rings (SSSR count). The molecule has 0 aromatic heterocycles. The van der Waals surface area contributed by atoms with Crippen LogP contribution in [0.25, 0.3) is 0 Å². The molecule has 0 radical (unpaired) electrons. The van der Waals surface area contributed by atoms with Gasteiger partial charge < -0.3 is 15.5 Å². The maximum atomic E-state index is 11.0. The fourth-order valence-corrected chi connectivity index (χ4v) is 4.20. The van der Waals surface area contributed by atoms with Gasteiger partial charge in [-0.2, -0.15) is 5.26 Å². The van der Waals surface area contributed by atoms with Crippen molar-refractivity contribution in [2.75, 3.05) is 24.5 Å². The first-order valence-corrected chi connectivity index (χ1v) is 10.5. The summed E-state index contributed by atoms with van der Waals surface area (Å²) in [5, 5.41) is 20.3. The number of rotatable bonds is 8. The highest BCUT2D eigenvalue weighted by molar-refractivity contribution is 5.52. The van der Waals surface area contributed by atoms with Crippen LogP contribution in [0.15, 0.2) is 48.5 Å². The number of likely N-dealkylation sites (tertiary alicyclic amines) is 1. The monoisotopic (exact) mass is 407 g/mol. The number of nitro groups is 1. The number of non-ortho nitro benzene ring substituents is 1. The van der Waals surface area contributed by atoms with Gasteiger partial charge in [-0.05, 0) is 62.6 Å². The lowest BCUT2D eigenvalue weighted by Crippen LogP contribution is -2.47. The van der Waals surface area contributed by atoms with Gasteiger partial charge in [-0.25, -0.2) is 0 Å². The molecule has 158 valence electrons. The number of anilines is 1. The van der Waals surface area contributed by atoms with Crippen molar-refractivity contribution in [1.29, 1.82) is 5.26 Å². The number of benzene rings is 2. The van der Waals surface area contributed by atoms with Crippen LogP contribution in [0.4, 0.5) is 11.4 Å². The molecule has 1 unspecified atom stereocenters. The van der Waals surface area contributed by atoms with E-state index in [2.05, 4.69) is 22.8 Å². The second-order valence-corrected chi connectivity index (χ2v) is 7.91. The highest BCUT2D eigenvalue weighted by atomic mass is 16.6. The van der Waals surface area contributed by atoms with Crippen molar-refractivity contribution in [3.63, 3.8) is 0 Å². The number of nitrogens with two attached hydrogens (primary N) is 1. The first-order valence-electron chi connectivity index (χ1n) is 10.5. The van der Waals surface area contributed by atoms with Gasteiger partial charge in [0.05, 0.1) is 16.6 Å². The predicted octanol–water partition coefficient (Wildman–Crippen LogP) is 3.67. The molecule has 2 aromatic rings. The van der Waals surface area contributed by atoms with Crippen LogP contribution in [0, 0.1) is 21.4 Å². The molecule has 0 bridgehead atoms. The van der Waals surface area contributed by atoms with E-state index in [0.717, 1.165) is 43.6 Å². The van der Waals surface area contributed by atoms with Crippen LogP contribution in [0.5, 0.6) is 0 Å². The maximum absolute atomic E-state index is 11.0. The van der Waals surface area contributed by atoms with E-state index in [4.69, 9.17) is 5.73 Å². The van der Waals surface area contributed by atoms with Gasteiger partial charge in [-0.3, -0.25) is 10.1 Å². The first-order chi connectivity index (χ1) is 14.5. The van der Waals surface area contributed by atoms with Crippen LogP contribution in [0.2, 0.25) is 0 Å². The largest absolute Gasteiger partial charge is 0.364 e. The van der Waals surface area contributed by atoms with Crippen LogP contribution in [-0.4, -0.2) is 41.5 Å². The zero-order valence-electron chi connectivity index (χ0n) is 17.4. The Morgan fingerprint density at radius 1 is 1.27 bits per heavy atom. The summed E-state index contributed by atoms with van der Waals surface area (Å²) in [6.07, 6.45) is 3.03. The van der Waals surface area contributed by atoms with E-state index in [1.807, 2.05) is 30.3 Å². The summed E-state index contributed by atoms with van der Waals surface area (Å²) in [5.41, 5.74) is 8.49. The van der Waals surface area contributed by atoms with E-state index in [9.17, 15) is 15.4 Å². The summed E-state index contributed by atoms with van der Waals surface area (Å²) in [5.74, 6) is 0. The van der Waals surface area contributed by atoms with Crippen LogP contribution in [0.3, 0.4) is 0 Å². The quantitative estimate of drug-likeness (QED) is 0.529.